The van der Waals surface area contributed by atoms with E-state index in [4.69, 9.17) is 4.98 Å². The third-order valence-electron chi connectivity index (χ3n) is 6.88. The lowest BCUT2D eigenvalue weighted by atomic mass is 10.1. The van der Waals surface area contributed by atoms with Crippen molar-refractivity contribution in [1.82, 2.24) is 24.8 Å². The van der Waals surface area contributed by atoms with Crippen molar-refractivity contribution in [1.29, 1.82) is 0 Å². The molecule has 1 amide bonds. The number of pyridine rings is 1. The number of aromatic amines is 1. The fraction of sp³-hybridized carbons (Fsp3) is 0.207. The number of carbonyl (C=O) groups is 1. The Hall–Kier alpha value is -4.03. The van der Waals surface area contributed by atoms with Gasteiger partial charge in [-0.25, -0.2) is 4.98 Å². The maximum atomic E-state index is 13.5. The molecule has 0 saturated carbocycles. The van der Waals surface area contributed by atoms with E-state index in [2.05, 4.69) is 70.4 Å². The summed E-state index contributed by atoms with van der Waals surface area (Å²) in [6.45, 7) is 2.26. The number of amides is 1. The maximum Gasteiger partial charge on any atom is 0.227 e. The third-order valence-corrected chi connectivity index (χ3v) is 6.88. The van der Waals surface area contributed by atoms with Crippen LogP contribution in [0.5, 0.6) is 0 Å². The van der Waals surface area contributed by atoms with Gasteiger partial charge in [-0.1, -0.05) is 54.6 Å². The van der Waals surface area contributed by atoms with Gasteiger partial charge in [0.15, 0.2) is 0 Å². The molecule has 5 aromatic rings. The maximum absolute atomic E-state index is 13.5. The minimum atomic E-state index is -0.121. The third kappa shape index (κ3) is 4.29. The lowest BCUT2D eigenvalue weighted by Gasteiger charge is -2.39. The van der Waals surface area contributed by atoms with Crippen LogP contribution >= 0.6 is 0 Å². The number of rotatable bonds is 4. The highest BCUT2D eigenvalue weighted by atomic mass is 16.2. The summed E-state index contributed by atoms with van der Waals surface area (Å²) in [5, 5.41) is 3.46. The van der Waals surface area contributed by atoms with Gasteiger partial charge in [0.2, 0.25) is 5.91 Å². The first kappa shape index (κ1) is 21.5. The smallest absolute Gasteiger partial charge is 0.227 e. The summed E-state index contributed by atoms with van der Waals surface area (Å²) in [6.07, 6.45) is 4.02. The number of hydrogen-bond donors (Lipinski definition) is 1. The van der Waals surface area contributed by atoms with E-state index >= 15 is 0 Å². The summed E-state index contributed by atoms with van der Waals surface area (Å²) in [5.74, 6) is 0.925. The standard InChI is InChI=1S/C29H27N5O/c1-33-12-13-34(28(35)15-20-14-23-8-4-5-9-25(23)30-17-20)27(19-33)29-31-18-26(32-29)24-11-10-21-6-2-3-7-22(21)16-24/h2-11,14,16-18,27H,12-13,15,19H2,1H3,(H,31,32). The zero-order valence-electron chi connectivity index (χ0n) is 19.7. The highest BCUT2D eigenvalue weighted by Crippen LogP contribution is 2.28. The molecule has 1 aliphatic heterocycles. The van der Waals surface area contributed by atoms with Gasteiger partial charge in [-0.3, -0.25) is 9.78 Å². The fourth-order valence-corrected chi connectivity index (χ4v) is 4.95. The molecule has 0 bridgehead atoms. The van der Waals surface area contributed by atoms with Crippen molar-refractivity contribution in [2.24, 2.45) is 0 Å². The summed E-state index contributed by atoms with van der Waals surface area (Å²) >= 11 is 0. The molecule has 174 valence electrons. The number of likely N-dealkylation sites (N-methyl/N-ethyl adjacent to an activating group) is 1. The molecule has 1 atom stereocenters. The number of nitrogens with one attached hydrogen (secondary N) is 1. The second-order valence-electron chi connectivity index (χ2n) is 9.32. The normalized spacial score (nSPS) is 16.7. The Kier molecular flexibility index (Phi) is 5.51. The van der Waals surface area contributed by atoms with Gasteiger partial charge in [0, 0.05) is 36.8 Å². The van der Waals surface area contributed by atoms with E-state index in [0.29, 0.717) is 13.0 Å². The molecule has 3 heterocycles. The van der Waals surface area contributed by atoms with Crippen LogP contribution in [0.2, 0.25) is 0 Å². The van der Waals surface area contributed by atoms with Crippen molar-refractivity contribution >= 4 is 27.6 Å². The Bertz CT molecular complexity index is 1520. The van der Waals surface area contributed by atoms with Crippen LogP contribution in [0, 0.1) is 0 Å². The second kappa shape index (κ2) is 8.96. The van der Waals surface area contributed by atoms with Gasteiger partial charge >= 0.3 is 0 Å². The lowest BCUT2D eigenvalue weighted by Crippen LogP contribution is -2.50. The zero-order valence-corrected chi connectivity index (χ0v) is 19.7. The summed E-state index contributed by atoms with van der Waals surface area (Å²) in [6, 6.07) is 24.7. The number of benzene rings is 3. The first-order valence-electron chi connectivity index (χ1n) is 12.0. The van der Waals surface area contributed by atoms with Crippen LogP contribution in [0.4, 0.5) is 0 Å². The Morgan fingerprint density at radius 3 is 2.60 bits per heavy atom. The van der Waals surface area contributed by atoms with E-state index in [1.165, 1.54) is 10.8 Å². The molecular formula is C29H27N5O. The van der Waals surface area contributed by atoms with E-state index < -0.39 is 0 Å². The first-order valence-corrected chi connectivity index (χ1v) is 12.0. The molecule has 2 aromatic heterocycles. The van der Waals surface area contributed by atoms with Gasteiger partial charge in [0.25, 0.3) is 0 Å². The highest BCUT2D eigenvalue weighted by Gasteiger charge is 2.32. The van der Waals surface area contributed by atoms with Crippen LogP contribution in [0.25, 0.3) is 32.9 Å². The molecule has 0 aliphatic carbocycles. The van der Waals surface area contributed by atoms with Crippen LogP contribution in [0.15, 0.2) is 85.2 Å². The molecule has 35 heavy (non-hydrogen) atoms. The van der Waals surface area contributed by atoms with Crippen molar-refractivity contribution in [3.05, 3.63) is 96.6 Å². The highest BCUT2D eigenvalue weighted by molar-refractivity contribution is 5.87. The average molecular weight is 462 g/mol. The van der Waals surface area contributed by atoms with Crippen molar-refractivity contribution in [3.63, 3.8) is 0 Å². The van der Waals surface area contributed by atoms with Gasteiger partial charge in [-0.15, -0.1) is 0 Å². The molecule has 6 heteroatoms. The molecular weight excluding hydrogens is 434 g/mol. The van der Waals surface area contributed by atoms with Crippen molar-refractivity contribution in [2.45, 2.75) is 12.5 Å². The van der Waals surface area contributed by atoms with Gasteiger partial charge < -0.3 is 14.8 Å². The van der Waals surface area contributed by atoms with Gasteiger partial charge in [-0.05, 0) is 41.6 Å². The predicted octanol–water partition coefficient (Wildman–Crippen LogP) is 4.84. The Morgan fingerprint density at radius 1 is 0.914 bits per heavy atom. The number of aromatic nitrogens is 3. The molecule has 1 unspecified atom stereocenters. The molecule has 1 fully saturated rings. The van der Waals surface area contributed by atoms with Crippen LogP contribution in [-0.4, -0.2) is 57.3 Å². The quantitative estimate of drug-likeness (QED) is 0.416. The van der Waals surface area contributed by atoms with Gasteiger partial charge in [0.1, 0.15) is 11.9 Å². The monoisotopic (exact) mass is 461 g/mol. The number of hydrogen-bond acceptors (Lipinski definition) is 4. The summed E-state index contributed by atoms with van der Waals surface area (Å²) in [7, 11) is 2.09. The largest absolute Gasteiger partial charge is 0.340 e. The Labute approximate surface area is 204 Å². The summed E-state index contributed by atoms with van der Waals surface area (Å²) < 4.78 is 0. The summed E-state index contributed by atoms with van der Waals surface area (Å²) in [4.78, 5) is 30.4. The molecule has 0 radical (unpaired) electrons. The van der Waals surface area contributed by atoms with Crippen molar-refractivity contribution in [2.75, 3.05) is 26.7 Å². The minimum absolute atomic E-state index is 0.101. The molecule has 6 rings (SSSR count). The fourth-order valence-electron chi connectivity index (χ4n) is 4.95. The molecule has 6 nitrogen and oxygen atoms in total. The minimum Gasteiger partial charge on any atom is -0.340 e. The van der Waals surface area contributed by atoms with Crippen molar-refractivity contribution < 1.29 is 4.79 Å². The Balaban J connectivity index is 1.26. The van der Waals surface area contributed by atoms with Crippen LogP contribution < -0.4 is 0 Å². The molecule has 1 N–H and O–H groups in total. The predicted molar refractivity (Wildman–Crippen MR) is 139 cm³/mol. The molecule has 3 aromatic carbocycles. The van der Waals surface area contributed by atoms with E-state index in [9.17, 15) is 4.79 Å². The van der Waals surface area contributed by atoms with E-state index in [-0.39, 0.29) is 11.9 Å². The average Bonchev–Trinajstić information content (AvgIpc) is 3.38. The van der Waals surface area contributed by atoms with Crippen LogP contribution in [0.1, 0.15) is 17.4 Å². The number of H-pyrrole nitrogens is 1. The Morgan fingerprint density at radius 2 is 1.71 bits per heavy atom. The summed E-state index contributed by atoms with van der Waals surface area (Å²) in [5.41, 5.74) is 3.93. The van der Waals surface area contributed by atoms with E-state index in [1.807, 2.05) is 41.6 Å². The molecule has 1 aliphatic rings. The lowest BCUT2D eigenvalue weighted by molar-refractivity contribution is -0.135. The number of imidazole rings is 1. The number of para-hydroxylation sites is 1. The second-order valence-corrected chi connectivity index (χ2v) is 9.32. The van der Waals surface area contributed by atoms with Crippen LogP contribution in [-0.2, 0) is 11.2 Å². The number of carbonyl (C=O) groups excluding carboxylic acids is 1. The number of piperazine rings is 1. The van der Waals surface area contributed by atoms with E-state index in [0.717, 1.165) is 46.6 Å². The zero-order chi connectivity index (χ0) is 23.8. The molecule has 1 saturated heterocycles. The number of fused-ring (bicyclic) bond motifs is 2. The van der Waals surface area contributed by atoms with Gasteiger partial charge in [0.05, 0.1) is 23.8 Å². The topological polar surface area (TPSA) is 65.1 Å². The van der Waals surface area contributed by atoms with Gasteiger partial charge in [-0.2, -0.15) is 0 Å². The SMILES string of the molecule is CN1CCN(C(=O)Cc2cnc3ccccc3c2)C(c2ncc(-c3ccc4ccccc4c3)[nH]2)C1. The van der Waals surface area contributed by atoms with Crippen molar-refractivity contribution in [3.8, 4) is 11.3 Å². The first-order chi connectivity index (χ1) is 17.1. The van der Waals surface area contributed by atoms with E-state index in [1.54, 1.807) is 0 Å². The number of nitrogens with zero attached hydrogens (tertiary/aromatic N) is 4. The van der Waals surface area contributed by atoms with Crippen LogP contribution in [0.3, 0.4) is 0 Å². The molecule has 0 spiro atoms.